The van der Waals surface area contributed by atoms with E-state index in [-0.39, 0.29) is 0 Å². The molecule has 0 aliphatic carbocycles. The molecular weight excluding hydrogens is 687 g/mol. The van der Waals surface area contributed by atoms with Crippen molar-refractivity contribution in [2.24, 2.45) is 15.0 Å². The van der Waals surface area contributed by atoms with Crippen molar-refractivity contribution in [3.63, 3.8) is 0 Å². The van der Waals surface area contributed by atoms with Crippen LogP contribution in [0.3, 0.4) is 0 Å². The van der Waals surface area contributed by atoms with E-state index in [0.717, 1.165) is 38.9 Å². The number of allylic oxidation sites excluding steroid dienone is 1. The molecule has 0 saturated heterocycles. The Hall–Kier alpha value is -7.51. The molecule has 270 valence electrons. The highest BCUT2D eigenvalue weighted by Crippen LogP contribution is 2.45. The fourth-order valence-corrected chi connectivity index (χ4v) is 6.76. The van der Waals surface area contributed by atoms with E-state index >= 15 is 0 Å². The van der Waals surface area contributed by atoms with Crippen LogP contribution in [-0.2, 0) is 5.41 Å². The van der Waals surface area contributed by atoms with Crippen molar-refractivity contribution < 1.29 is 0 Å². The summed E-state index contributed by atoms with van der Waals surface area (Å²) in [5.74, 6) is 2.16. The summed E-state index contributed by atoms with van der Waals surface area (Å²) in [6, 6.07) is 53.7. The van der Waals surface area contributed by atoms with Crippen molar-refractivity contribution >= 4 is 17.8 Å². The van der Waals surface area contributed by atoms with Gasteiger partial charge in [-0.3, -0.25) is 9.98 Å². The molecule has 0 bridgehead atoms. The highest BCUT2D eigenvalue weighted by molar-refractivity contribution is 6.11. The lowest BCUT2D eigenvalue weighted by atomic mass is 9.65. The first-order valence-electron chi connectivity index (χ1n) is 18.2. The molecule has 0 radical (unpaired) electrons. The van der Waals surface area contributed by atoms with E-state index in [0.29, 0.717) is 40.4 Å². The maximum Gasteiger partial charge on any atom is 0.182 e. The van der Waals surface area contributed by atoms with Gasteiger partial charge >= 0.3 is 0 Å². The van der Waals surface area contributed by atoms with Gasteiger partial charge in [-0.25, -0.2) is 24.9 Å². The zero-order valence-corrected chi connectivity index (χ0v) is 31.1. The Bertz CT molecular complexity index is 2450. The summed E-state index contributed by atoms with van der Waals surface area (Å²) in [6.07, 6.45) is 6.51. The van der Waals surface area contributed by atoms with Crippen molar-refractivity contribution in [3.05, 3.63) is 229 Å². The summed E-state index contributed by atoms with van der Waals surface area (Å²) in [7, 11) is 0. The lowest BCUT2D eigenvalue weighted by molar-refractivity contribution is 0.745. The maximum absolute atomic E-state index is 4.96. The van der Waals surface area contributed by atoms with Crippen LogP contribution in [0.5, 0.6) is 0 Å². The third kappa shape index (κ3) is 7.60. The summed E-state index contributed by atoms with van der Waals surface area (Å²) in [6.45, 7) is 13.5. The van der Waals surface area contributed by atoms with Crippen LogP contribution in [0, 0.1) is 0 Å². The van der Waals surface area contributed by atoms with E-state index in [9.17, 15) is 0 Å². The highest BCUT2D eigenvalue weighted by Gasteiger charge is 2.38. The number of aromatic nitrogens is 4. The van der Waals surface area contributed by atoms with Crippen LogP contribution in [0.25, 0.3) is 34.3 Å². The highest BCUT2D eigenvalue weighted by atomic mass is 15.0. The van der Waals surface area contributed by atoms with E-state index in [4.69, 9.17) is 19.9 Å². The number of rotatable bonds is 12. The molecule has 0 atom stereocenters. The van der Waals surface area contributed by atoms with Gasteiger partial charge in [0.05, 0.1) is 16.8 Å². The van der Waals surface area contributed by atoms with Crippen LogP contribution in [0.4, 0.5) is 0 Å². The lowest BCUT2D eigenvalue weighted by Gasteiger charge is -2.37. The number of nitrogens with zero attached hydrogens (tertiary/aromatic N) is 7. The van der Waals surface area contributed by atoms with Crippen LogP contribution in [0.2, 0.25) is 0 Å². The summed E-state index contributed by atoms with van der Waals surface area (Å²) in [5.41, 5.74) is 7.87. The van der Waals surface area contributed by atoms with Crippen LogP contribution in [0.15, 0.2) is 217 Å². The van der Waals surface area contributed by atoms with E-state index in [1.807, 2.05) is 67.6 Å². The van der Waals surface area contributed by atoms with E-state index < -0.39 is 5.41 Å². The molecule has 0 fully saturated rings. The minimum absolute atomic E-state index is 0.439. The molecule has 2 aromatic heterocycles. The number of hydrogen-bond donors (Lipinski definition) is 0. The van der Waals surface area contributed by atoms with Crippen molar-refractivity contribution in [1.29, 1.82) is 0 Å². The van der Waals surface area contributed by atoms with Gasteiger partial charge in [-0.05, 0) is 47.4 Å². The Morgan fingerprint density at radius 1 is 0.571 bits per heavy atom. The molecule has 2 heterocycles. The van der Waals surface area contributed by atoms with Crippen LogP contribution < -0.4 is 0 Å². The minimum atomic E-state index is -0.700. The summed E-state index contributed by atoms with van der Waals surface area (Å²) in [5, 5.41) is 0. The maximum atomic E-state index is 4.96. The quantitative estimate of drug-likeness (QED) is 0.0712. The number of amidine groups is 1. The zero-order valence-electron chi connectivity index (χ0n) is 31.1. The van der Waals surface area contributed by atoms with E-state index in [1.165, 1.54) is 6.20 Å². The van der Waals surface area contributed by atoms with Crippen LogP contribution >= 0.6 is 0 Å². The molecule has 0 spiro atoms. The van der Waals surface area contributed by atoms with Crippen molar-refractivity contribution in [1.82, 2.24) is 19.9 Å². The molecule has 7 nitrogen and oxygen atoms in total. The van der Waals surface area contributed by atoms with Gasteiger partial charge in [-0.1, -0.05) is 165 Å². The SMILES string of the molecule is C=CN=C(C=C)C(=C)N=C(N=CC)c1ccc(C(c2ccccc2)(c2ccccc2)c2ccc(-c3nc(-c4ccccc4)nc(-c4ccccn4)n3)cc2)cc1. The predicted octanol–water partition coefficient (Wildman–Crippen LogP) is 10.8. The second kappa shape index (κ2) is 17.1. The minimum Gasteiger partial charge on any atom is -0.255 e. The van der Waals surface area contributed by atoms with Gasteiger partial charge in [-0.2, -0.15) is 0 Å². The molecular formula is C49H39N7. The third-order valence-corrected chi connectivity index (χ3v) is 9.34. The third-order valence-electron chi connectivity index (χ3n) is 9.34. The average Bonchev–Trinajstić information content (AvgIpc) is 3.27. The smallest absolute Gasteiger partial charge is 0.182 e. The predicted molar refractivity (Wildman–Crippen MR) is 230 cm³/mol. The summed E-state index contributed by atoms with van der Waals surface area (Å²) < 4.78 is 0. The van der Waals surface area contributed by atoms with E-state index in [1.54, 1.807) is 18.5 Å². The molecule has 5 aromatic carbocycles. The molecule has 7 aromatic rings. The molecule has 7 rings (SSSR count). The van der Waals surface area contributed by atoms with Crippen LogP contribution in [0.1, 0.15) is 34.7 Å². The monoisotopic (exact) mass is 725 g/mol. The molecule has 0 unspecified atom stereocenters. The Kier molecular flexibility index (Phi) is 11.2. The number of pyridine rings is 1. The first-order chi connectivity index (χ1) is 27.5. The van der Waals surface area contributed by atoms with E-state index in [2.05, 4.69) is 132 Å². The van der Waals surface area contributed by atoms with Gasteiger partial charge in [0.15, 0.2) is 23.3 Å². The fraction of sp³-hybridized carbons (Fsp3) is 0.0408. The summed E-state index contributed by atoms with van der Waals surface area (Å²) >= 11 is 0. The van der Waals surface area contributed by atoms with Gasteiger partial charge in [0.2, 0.25) is 0 Å². The normalized spacial score (nSPS) is 12.0. The Morgan fingerprint density at radius 3 is 1.59 bits per heavy atom. The molecule has 0 amide bonds. The molecule has 56 heavy (non-hydrogen) atoms. The number of hydrogen-bond acceptors (Lipinski definition) is 6. The fourth-order valence-electron chi connectivity index (χ4n) is 6.76. The Morgan fingerprint density at radius 2 is 1.07 bits per heavy atom. The molecule has 0 aliphatic heterocycles. The van der Waals surface area contributed by atoms with Gasteiger partial charge in [-0.15, -0.1) is 0 Å². The largest absolute Gasteiger partial charge is 0.255 e. The van der Waals surface area contributed by atoms with Crippen LogP contribution in [-0.4, -0.2) is 37.7 Å². The topological polar surface area (TPSA) is 88.6 Å². The van der Waals surface area contributed by atoms with Gasteiger partial charge < -0.3 is 0 Å². The zero-order chi connectivity index (χ0) is 38.7. The first-order valence-corrected chi connectivity index (χ1v) is 18.2. The molecule has 0 saturated carbocycles. The van der Waals surface area contributed by atoms with Crippen molar-refractivity contribution in [3.8, 4) is 34.3 Å². The molecule has 0 aliphatic rings. The van der Waals surface area contributed by atoms with Gasteiger partial charge in [0, 0.05) is 35.3 Å². The first kappa shape index (κ1) is 36.8. The molecule has 7 heteroatoms. The number of aliphatic imine (C=N–C) groups is 3. The van der Waals surface area contributed by atoms with Gasteiger partial charge in [0.1, 0.15) is 5.69 Å². The summed E-state index contributed by atoms with van der Waals surface area (Å²) in [4.78, 5) is 32.8. The Balaban J connectivity index is 1.38. The van der Waals surface area contributed by atoms with Crippen molar-refractivity contribution in [2.45, 2.75) is 12.3 Å². The second-order valence-electron chi connectivity index (χ2n) is 12.7. The van der Waals surface area contributed by atoms with Gasteiger partial charge in [0.25, 0.3) is 0 Å². The second-order valence-corrected chi connectivity index (χ2v) is 12.7. The Labute approximate surface area is 327 Å². The lowest BCUT2D eigenvalue weighted by Crippen LogP contribution is -2.31. The standard InChI is InChI=1S/C49H39N7/c1-5-43(50-6-2)35(4)53-45(51-7-3)37-26-30-41(31-27-37)49(39-21-13-9-14-22-39,40-23-15-10-16-24-40)42-32-28-38(29-33-42)47-54-46(36-19-11-8-12-20-36)55-48(56-47)44-25-17-18-34-52-44/h5-34H,1-2,4H2,3H3. The number of benzene rings is 5. The van der Waals surface area contributed by atoms with Crippen molar-refractivity contribution in [2.75, 3.05) is 0 Å². The molecule has 0 N–H and O–H groups in total. The average molecular weight is 726 g/mol.